The van der Waals surface area contributed by atoms with Gasteiger partial charge >= 0.3 is 0 Å². The van der Waals surface area contributed by atoms with Gasteiger partial charge in [0.1, 0.15) is 0 Å². The van der Waals surface area contributed by atoms with E-state index in [0.29, 0.717) is 13.1 Å². The Labute approximate surface area is 129 Å². The zero-order valence-corrected chi connectivity index (χ0v) is 12.7. The summed E-state index contributed by atoms with van der Waals surface area (Å²) in [4.78, 5) is 45.9. The second-order valence-electron chi connectivity index (χ2n) is 5.17. The molecule has 0 aromatic heterocycles. The first-order valence-corrected chi connectivity index (χ1v) is 7.64. The first-order chi connectivity index (χ1) is 10.6. The molecular weight excluding hydrogens is 288 g/mol. The summed E-state index contributed by atoms with van der Waals surface area (Å²) in [5, 5.41) is 10.4. The third kappa shape index (κ3) is 8.93. The third-order valence-corrected chi connectivity index (χ3v) is 3.22. The fourth-order valence-corrected chi connectivity index (χ4v) is 1.95. The maximum atomic E-state index is 11.5. The number of carbonyl (C=O) groups excluding carboxylic acids is 4. The van der Waals surface area contributed by atoms with E-state index in [9.17, 15) is 19.2 Å². The topological polar surface area (TPSA) is 116 Å². The van der Waals surface area contributed by atoms with E-state index in [2.05, 4.69) is 21.3 Å². The Kier molecular flexibility index (Phi) is 8.63. The minimum absolute atomic E-state index is 0.0132. The van der Waals surface area contributed by atoms with E-state index in [0.717, 1.165) is 25.7 Å². The summed E-state index contributed by atoms with van der Waals surface area (Å²) in [5.41, 5.74) is 0. The van der Waals surface area contributed by atoms with Crippen molar-refractivity contribution in [2.45, 2.75) is 38.5 Å². The first-order valence-electron chi connectivity index (χ1n) is 7.64. The highest BCUT2D eigenvalue weighted by atomic mass is 16.2. The Bertz CT molecular complexity index is 374. The molecule has 1 aliphatic rings. The predicted molar refractivity (Wildman–Crippen MR) is 79.7 cm³/mol. The Morgan fingerprint density at radius 3 is 1.32 bits per heavy atom. The summed E-state index contributed by atoms with van der Waals surface area (Å²) >= 11 is 0. The van der Waals surface area contributed by atoms with Gasteiger partial charge in [0.2, 0.25) is 23.6 Å². The molecule has 0 bridgehead atoms. The number of hydrogen-bond donors (Lipinski definition) is 4. The predicted octanol–water partition coefficient (Wildman–Crippen LogP) is -1.19. The molecule has 22 heavy (non-hydrogen) atoms. The van der Waals surface area contributed by atoms with Crippen molar-refractivity contribution in [3.63, 3.8) is 0 Å². The molecule has 0 aromatic rings. The second kappa shape index (κ2) is 10.6. The lowest BCUT2D eigenvalue weighted by molar-refractivity contribution is -0.129. The lowest BCUT2D eigenvalue weighted by Gasteiger charge is -2.09. The van der Waals surface area contributed by atoms with Gasteiger partial charge in [0, 0.05) is 25.9 Å². The Hall–Kier alpha value is -2.12. The summed E-state index contributed by atoms with van der Waals surface area (Å²) in [6, 6.07) is 0. The number of hydrogen-bond acceptors (Lipinski definition) is 4. The molecule has 0 aromatic carbocycles. The highest BCUT2D eigenvalue weighted by molar-refractivity contribution is 5.88. The van der Waals surface area contributed by atoms with Gasteiger partial charge in [-0.15, -0.1) is 0 Å². The molecule has 1 fully saturated rings. The van der Waals surface area contributed by atoms with Crippen LogP contribution in [0, 0.1) is 0 Å². The first kappa shape index (κ1) is 17.9. The average Bonchev–Trinajstić information content (AvgIpc) is 2.50. The summed E-state index contributed by atoms with van der Waals surface area (Å²) in [7, 11) is 0. The van der Waals surface area contributed by atoms with Crippen LogP contribution in [0.5, 0.6) is 0 Å². The van der Waals surface area contributed by atoms with Crippen LogP contribution in [0.4, 0.5) is 0 Å². The smallest absolute Gasteiger partial charge is 0.239 e. The van der Waals surface area contributed by atoms with Crippen LogP contribution in [0.25, 0.3) is 0 Å². The molecule has 1 rings (SSSR count). The van der Waals surface area contributed by atoms with Crippen molar-refractivity contribution in [2.75, 3.05) is 26.2 Å². The molecule has 0 spiro atoms. The van der Waals surface area contributed by atoms with Gasteiger partial charge in [0.15, 0.2) is 0 Å². The lowest BCUT2D eigenvalue weighted by Crippen LogP contribution is -2.39. The fourth-order valence-electron chi connectivity index (χ4n) is 1.95. The van der Waals surface area contributed by atoms with Gasteiger partial charge in [0.25, 0.3) is 0 Å². The molecule has 1 heterocycles. The van der Waals surface area contributed by atoms with Crippen LogP contribution in [0.1, 0.15) is 38.5 Å². The van der Waals surface area contributed by atoms with Crippen LogP contribution in [0.2, 0.25) is 0 Å². The minimum atomic E-state index is -0.365. The summed E-state index contributed by atoms with van der Waals surface area (Å²) in [5.74, 6) is -1.19. The third-order valence-electron chi connectivity index (χ3n) is 3.22. The van der Waals surface area contributed by atoms with Crippen molar-refractivity contribution in [2.24, 2.45) is 0 Å². The Balaban J connectivity index is 2.39. The summed E-state index contributed by atoms with van der Waals surface area (Å²) in [6.45, 7) is 0.985. The van der Waals surface area contributed by atoms with Crippen molar-refractivity contribution in [3.8, 4) is 0 Å². The maximum Gasteiger partial charge on any atom is 0.239 e. The molecule has 0 aliphatic carbocycles. The molecule has 8 nitrogen and oxygen atoms in total. The van der Waals surface area contributed by atoms with Crippen LogP contribution in [0.3, 0.4) is 0 Å². The van der Waals surface area contributed by atoms with Gasteiger partial charge in [-0.05, 0) is 12.8 Å². The van der Waals surface area contributed by atoms with E-state index in [1.165, 1.54) is 0 Å². The zero-order chi connectivity index (χ0) is 16.2. The van der Waals surface area contributed by atoms with E-state index in [1.54, 1.807) is 0 Å². The fraction of sp³-hybridized carbons (Fsp3) is 0.714. The molecule has 0 atom stereocenters. The molecule has 0 radical (unpaired) electrons. The van der Waals surface area contributed by atoms with Crippen LogP contribution < -0.4 is 21.3 Å². The molecule has 4 amide bonds. The van der Waals surface area contributed by atoms with Gasteiger partial charge < -0.3 is 21.3 Å². The molecule has 1 aliphatic heterocycles. The monoisotopic (exact) mass is 312 g/mol. The van der Waals surface area contributed by atoms with Crippen LogP contribution in [-0.4, -0.2) is 49.8 Å². The van der Waals surface area contributed by atoms with Gasteiger partial charge in [-0.1, -0.05) is 12.8 Å². The van der Waals surface area contributed by atoms with E-state index < -0.39 is 0 Å². The Morgan fingerprint density at radius 2 is 0.909 bits per heavy atom. The van der Waals surface area contributed by atoms with Crippen molar-refractivity contribution in [3.05, 3.63) is 0 Å². The number of rotatable bonds is 0. The SMILES string of the molecule is O=C1CCC(=O)NCC(=O)NCCCCCCNC(=O)CN1. The van der Waals surface area contributed by atoms with E-state index in [-0.39, 0.29) is 49.6 Å². The van der Waals surface area contributed by atoms with E-state index in [4.69, 9.17) is 0 Å². The number of carbonyl (C=O) groups is 4. The highest BCUT2D eigenvalue weighted by Gasteiger charge is 2.10. The standard InChI is InChI=1S/C14H24N4O4/c19-11-5-6-12(20)18-10-14(22)16-8-4-2-1-3-7-15-13(21)9-17-11/h1-10H2,(H,15,21)(H,16,22)(H,17,19)(H,18,20). The lowest BCUT2D eigenvalue weighted by atomic mass is 10.2. The van der Waals surface area contributed by atoms with Crippen LogP contribution >= 0.6 is 0 Å². The second-order valence-corrected chi connectivity index (χ2v) is 5.17. The van der Waals surface area contributed by atoms with E-state index >= 15 is 0 Å². The average molecular weight is 312 g/mol. The van der Waals surface area contributed by atoms with Gasteiger partial charge in [-0.25, -0.2) is 0 Å². The molecule has 124 valence electrons. The maximum absolute atomic E-state index is 11.5. The van der Waals surface area contributed by atoms with Crippen LogP contribution in [-0.2, 0) is 19.2 Å². The highest BCUT2D eigenvalue weighted by Crippen LogP contribution is 1.98. The normalized spacial score (nSPS) is 20.7. The van der Waals surface area contributed by atoms with Crippen LogP contribution in [0.15, 0.2) is 0 Å². The van der Waals surface area contributed by atoms with Gasteiger partial charge in [-0.2, -0.15) is 0 Å². The molecular formula is C14H24N4O4. The summed E-state index contributed by atoms with van der Waals surface area (Å²) < 4.78 is 0. The molecule has 1 saturated heterocycles. The molecule has 0 unspecified atom stereocenters. The van der Waals surface area contributed by atoms with Gasteiger partial charge in [0.05, 0.1) is 13.1 Å². The van der Waals surface area contributed by atoms with Crippen molar-refractivity contribution in [1.29, 1.82) is 0 Å². The number of nitrogens with one attached hydrogen (secondary N) is 4. The molecule has 0 saturated carbocycles. The zero-order valence-electron chi connectivity index (χ0n) is 12.7. The number of amides is 4. The molecule has 8 heteroatoms. The van der Waals surface area contributed by atoms with Crippen molar-refractivity contribution >= 4 is 23.6 Å². The molecule has 4 N–H and O–H groups in total. The Morgan fingerprint density at radius 1 is 0.500 bits per heavy atom. The quantitative estimate of drug-likeness (QED) is 0.450. The van der Waals surface area contributed by atoms with Crippen molar-refractivity contribution in [1.82, 2.24) is 21.3 Å². The summed E-state index contributed by atoms with van der Waals surface area (Å²) in [6.07, 6.45) is 3.62. The van der Waals surface area contributed by atoms with Crippen molar-refractivity contribution < 1.29 is 19.2 Å². The minimum Gasteiger partial charge on any atom is -0.355 e. The largest absolute Gasteiger partial charge is 0.355 e. The van der Waals surface area contributed by atoms with Gasteiger partial charge in [-0.3, -0.25) is 19.2 Å². The van der Waals surface area contributed by atoms with E-state index in [1.807, 2.05) is 0 Å².